The van der Waals surface area contributed by atoms with Gasteiger partial charge >= 0.3 is 0 Å². The summed E-state index contributed by atoms with van der Waals surface area (Å²) in [5.41, 5.74) is 3.19. The predicted octanol–water partition coefficient (Wildman–Crippen LogP) is 6.46. The molecular formula is C23H16ClFN4OS2. The minimum Gasteiger partial charge on any atom is -0.351 e. The SMILES string of the molecule is CC1=C(c2nc(-c3cccs3)no2)C(c2cccc(Cl)c2)NC(=S)N1c1ccc(F)cc1. The van der Waals surface area contributed by atoms with Crippen LogP contribution in [0.2, 0.25) is 5.02 Å². The average Bonchev–Trinajstić information content (AvgIpc) is 3.47. The van der Waals surface area contributed by atoms with E-state index < -0.39 is 0 Å². The molecular weight excluding hydrogens is 467 g/mol. The maximum atomic E-state index is 13.5. The Balaban J connectivity index is 1.67. The van der Waals surface area contributed by atoms with Crippen molar-refractivity contribution < 1.29 is 8.91 Å². The van der Waals surface area contributed by atoms with Gasteiger partial charge < -0.3 is 9.84 Å². The van der Waals surface area contributed by atoms with Crippen LogP contribution >= 0.6 is 35.2 Å². The summed E-state index contributed by atoms with van der Waals surface area (Å²) in [6.45, 7) is 1.93. The molecule has 2 aromatic carbocycles. The van der Waals surface area contributed by atoms with Gasteiger partial charge in [0.2, 0.25) is 5.82 Å². The minimum atomic E-state index is -0.352. The van der Waals surface area contributed by atoms with E-state index in [1.165, 1.54) is 23.5 Å². The van der Waals surface area contributed by atoms with Gasteiger partial charge in [-0.2, -0.15) is 4.98 Å². The van der Waals surface area contributed by atoms with Crippen LogP contribution in [0.15, 0.2) is 76.3 Å². The van der Waals surface area contributed by atoms with Crippen molar-refractivity contribution in [3.05, 3.63) is 94.0 Å². The first-order chi connectivity index (χ1) is 15.5. The summed E-state index contributed by atoms with van der Waals surface area (Å²) in [5, 5.41) is 10.6. The number of thiocarbonyl (C=S) groups is 1. The zero-order chi connectivity index (χ0) is 22.2. The van der Waals surface area contributed by atoms with Gasteiger partial charge in [-0.15, -0.1) is 11.3 Å². The van der Waals surface area contributed by atoms with Crippen LogP contribution in [0.1, 0.15) is 24.4 Å². The number of benzene rings is 2. The molecule has 9 heteroatoms. The van der Waals surface area contributed by atoms with Gasteiger partial charge in [-0.3, -0.25) is 4.90 Å². The van der Waals surface area contributed by atoms with Gasteiger partial charge in [0.1, 0.15) is 5.82 Å². The standard InChI is InChI=1S/C23H16ClFN4OS2/c1-13-19(22-27-21(28-30-22)18-6-3-11-32-18)20(14-4-2-5-15(24)12-14)26-23(31)29(13)17-9-7-16(25)8-10-17/h2-12,20H,1H3,(H,26,31). The van der Waals surface area contributed by atoms with Crippen LogP contribution in [-0.4, -0.2) is 15.3 Å². The lowest BCUT2D eigenvalue weighted by Crippen LogP contribution is -2.46. The predicted molar refractivity (Wildman–Crippen MR) is 129 cm³/mol. The molecule has 5 nitrogen and oxygen atoms in total. The van der Waals surface area contributed by atoms with Crippen molar-refractivity contribution in [3.63, 3.8) is 0 Å². The largest absolute Gasteiger partial charge is 0.351 e. The van der Waals surface area contributed by atoms with E-state index in [0.717, 1.165) is 27.4 Å². The van der Waals surface area contributed by atoms with Crippen molar-refractivity contribution in [2.75, 3.05) is 4.90 Å². The quantitative estimate of drug-likeness (QED) is 0.337. The number of thiophene rings is 1. The van der Waals surface area contributed by atoms with Crippen LogP contribution in [0.25, 0.3) is 16.3 Å². The first kappa shape index (κ1) is 20.8. The molecule has 1 aliphatic heterocycles. The lowest BCUT2D eigenvalue weighted by molar-refractivity contribution is 0.404. The average molecular weight is 483 g/mol. The van der Waals surface area contributed by atoms with Crippen molar-refractivity contribution in [1.29, 1.82) is 0 Å². The molecule has 0 aliphatic carbocycles. The molecule has 160 valence electrons. The molecule has 1 unspecified atom stereocenters. The Hall–Kier alpha value is -3.07. The normalized spacial score (nSPS) is 16.4. The van der Waals surface area contributed by atoms with E-state index in [-0.39, 0.29) is 11.9 Å². The summed E-state index contributed by atoms with van der Waals surface area (Å²) in [7, 11) is 0. The number of rotatable bonds is 4. The summed E-state index contributed by atoms with van der Waals surface area (Å²) >= 11 is 13.5. The number of anilines is 1. The zero-order valence-corrected chi connectivity index (χ0v) is 19.1. The second-order valence-electron chi connectivity index (χ2n) is 7.15. The summed E-state index contributed by atoms with van der Waals surface area (Å²) in [6.07, 6.45) is 0. The highest BCUT2D eigenvalue weighted by molar-refractivity contribution is 7.80. The second-order valence-corrected chi connectivity index (χ2v) is 8.92. The molecule has 1 aliphatic rings. The topological polar surface area (TPSA) is 54.2 Å². The molecule has 32 heavy (non-hydrogen) atoms. The van der Waals surface area contributed by atoms with E-state index >= 15 is 0 Å². The molecule has 5 rings (SSSR count). The Morgan fingerprint density at radius 2 is 1.97 bits per heavy atom. The van der Waals surface area contributed by atoms with Gasteiger partial charge in [0.25, 0.3) is 5.89 Å². The van der Waals surface area contributed by atoms with Crippen molar-refractivity contribution in [2.45, 2.75) is 13.0 Å². The molecule has 1 N–H and O–H groups in total. The van der Waals surface area contributed by atoms with E-state index in [2.05, 4.69) is 15.5 Å². The molecule has 0 spiro atoms. The highest BCUT2D eigenvalue weighted by atomic mass is 35.5. The minimum absolute atomic E-state index is 0.319. The van der Waals surface area contributed by atoms with Gasteiger partial charge in [0.15, 0.2) is 5.11 Å². The van der Waals surface area contributed by atoms with Crippen LogP contribution in [-0.2, 0) is 0 Å². The Labute approximate surface area is 198 Å². The lowest BCUT2D eigenvalue weighted by atomic mass is 9.94. The first-order valence-electron chi connectivity index (χ1n) is 9.71. The number of allylic oxidation sites excluding steroid dienone is 1. The Bertz CT molecular complexity index is 1320. The Morgan fingerprint density at radius 1 is 1.16 bits per heavy atom. The van der Waals surface area contributed by atoms with Crippen LogP contribution in [0.4, 0.5) is 10.1 Å². The molecule has 4 aromatic rings. The van der Waals surface area contributed by atoms with E-state index in [0.29, 0.717) is 21.9 Å². The number of hydrogen-bond acceptors (Lipinski definition) is 5. The van der Waals surface area contributed by atoms with Crippen LogP contribution in [0.3, 0.4) is 0 Å². The monoisotopic (exact) mass is 482 g/mol. The third kappa shape index (κ3) is 3.81. The molecule has 1 atom stereocenters. The fourth-order valence-corrected chi connectivity index (χ4v) is 4.90. The van der Waals surface area contributed by atoms with Crippen molar-refractivity contribution in [3.8, 4) is 10.7 Å². The highest BCUT2D eigenvalue weighted by Crippen LogP contribution is 2.39. The summed E-state index contributed by atoms with van der Waals surface area (Å²) in [4.78, 5) is 7.41. The van der Waals surface area contributed by atoms with E-state index in [9.17, 15) is 4.39 Å². The smallest absolute Gasteiger partial charge is 0.258 e. The fourth-order valence-electron chi connectivity index (χ4n) is 3.70. The van der Waals surface area contributed by atoms with Crippen molar-refractivity contribution >= 4 is 51.5 Å². The van der Waals surface area contributed by atoms with Crippen molar-refractivity contribution in [1.82, 2.24) is 15.5 Å². The Kier molecular flexibility index (Phi) is 5.50. The first-order valence-corrected chi connectivity index (χ1v) is 11.4. The molecule has 0 saturated carbocycles. The van der Waals surface area contributed by atoms with E-state index in [1.807, 2.05) is 53.6 Å². The molecule has 0 radical (unpaired) electrons. The summed E-state index contributed by atoms with van der Waals surface area (Å²) < 4.78 is 19.2. The number of aromatic nitrogens is 2. The third-order valence-corrected chi connectivity index (χ3v) is 6.55. The number of nitrogens with zero attached hydrogens (tertiary/aromatic N) is 3. The number of hydrogen-bond donors (Lipinski definition) is 1. The maximum absolute atomic E-state index is 13.5. The van der Waals surface area contributed by atoms with Crippen LogP contribution in [0.5, 0.6) is 0 Å². The van der Waals surface area contributed by atoms with Gasteiger partial charge in [0, 0.05) is 16.4 Å². The fraction of sp³-hybridized carbons (Fsp3) is 0.0870. The number of halogens is 2. The second kappa shape index (κ2) is 8.46. The third-order valence-electron chi connectivity index (χ3n) is 5.15. The molecule has 2 aromatic heterocycles. The molecule has 0 saturated heterocycles. The van der Waals surface area contributed by atoms with Crippen LogP contribution < -0.4 is 10.2 Å². The molecule has 0 bridgehead atoms. The van der Waals surface area contributed by atoms with Gasteiger partial charge in [0.05, 0.1) is 16.5 Å². The molecule has 3 heterocycles. The lowest BCUT2D eigenvalue weighted by Gasteiger charge is -2.37. The maximum Gasteiger partial charge on any atom is 0.258 e. The Morgan fingerprint density at radius 3 is 2.69 bits per heavy atom. The molecule has 0 amide bonds. The number of nitrogens with one attached hydrogen (secondary N) is 1. The van der Waals surface area contributed by atoms with Crippen molar-refractivity contribution in [2.24, 2.45) is 0 Å². The van der Waals surface area contributed by atoms with Gasteiger partial charge in [-0.05, 0) is 72.5 Å². The zero-order valence-electron chi connectivity index (χ0n) is 16.8. The summed E-state index contributed by atoms with van der Waals surface area (Å²) in [6, 6.07) is 17.2. The van der Waals surface area contributed by atoms with Gasteiger partial charge in [-0.25, -0.2) is 4.39 Å². The van der Waals surface area contributed by atoms with E-state index in [4.69, 9.17) is 28.3 Å². The molecule has 0 fully saturated rings. The van der Waals surface area contributed by atoms with E-state index in [1.54, 1.807) is 12.1 Å². The summed E-state index contributed by atoms with van der Waals surface area (Å²) in [5.74, 6) is 0.570. The highest BCUT2D eigenvalue weighted by Gasteiger charge is 2.35. The van der Waals surface area contributed by atoms with Crippen LogP contribution in [0, 0.1) is 5.82 Å². The van der Waals surface area contributed by atoms with Gasteiger partial charge in [-0.1, -0.05) is 35.0 Å².